The number of aromatic carboxylic acids is 1. The van der Waals surface area contributed by atoms with E-state index in [2.05, 4.69) is 4.74 Å². The highest BCUT2D eigenvalue weighted by Crippen LogP contribution is 2.47. The zero-order chi connectivity index (χ0) is 21.5. The van der Waals surface area contributed by atoms with Crippen molar-refractivity contribution in [3.63, 3.8) is 0 Å². The van der Waals surface area contributed by atoms with Gasteiger partial charge in [-0.25, -0.2) is 9.18 Å². The second-order valence-corrected chi connectivity index (χ2v) is 4.62. The van der Waals surface area contributed by atoms with Crippen LogP contribution >= 0.6 is 0 Å². The number of hydrogen-bond donors (Lipinski definition) is 1. The Hall–Kier alpha value is -2.81. The molecule has 0 atom stereocenters. The van der Waals surface area contributed by atoms with E-state index in [0.29, 0.717) is 0 Å². The quantitative estimate of drug-likeness (QED) is 0.327. The van der Waals surface area contributed by atoms with E-state index in [1.807, 2.05) is 0 Å². The van der Waals surface area contributed by atoms with E-state index in [1.54, 1.807) is 0 Å². The molecule has 1 N–H and O–H groups in total. The molecule has 152 valence electrons. The standard InChI is InChI=1S/C11H3F10NO5/c12-3-2(8(23)24)6(22(25)26)4(13)5(14)7(3)27-1-9(15,16)10(17,18)11(19,20)21/h1H2,(H,23,24). The lowest BCUT2D eigenvalue weighted by molar-refractivity contribution is -0.388. The molecule has 0 aliphatic carbocycles. The molecule has 0 aliphatic rings. The summed E-state index contributed by atoms with van der Waals surface area (Å²) in [6.45, 7) is -3.08. The van der Waals surface area contributed by atoms with Gasteiger partial charge in [-0.05, 0) is 0 Å². The first-order valence-electron chi connectivity index (χ1n) is 6.00. The van der Waals surface area contributed by atoms with Crippen molar-refractivity contribution < 1.29 is 63.5 Å². The van der Waals surface area contributed by atoms with Crippen LogP contribution in [0.4, 0.5) is 49.6 Å². The summed E-state index contributed by atoms with van der Waals surface area (Å²) in [7, 11) is 0. The molecule has 0 amide bonds. The molecule has 0 heterocycles. The molecule has 1 aromatic carbocycles. The number of nitro benzene ring substituents is 1. The van der Waals surface area contributed by atoms with E-state index >= 15 is 0 Å². The molecule has 0 aromatic heterocycles. The van der Waals surface area contributed by atoms with Crippen molar-refractivity contribution in [2.45, 2.75) is 18.0 Å². The van der Waals surface area contributed by atoms with Gasteiger partial charge >= 0.3 is 29.7 Å². The molecule has 27 heavy (non-hydrogen) atoms. The number of rotatable bonds is 6. The van der Waals surface area contributed by atoms with Crippen LogP contribution in [-0.4, -0.2) is 40.6 Å². The van der Waals surface area contributed by atoms with Crippen LogP contribution in [0, 0.1) is 27.6 Å². The Morgan fingerprint density at radius 3 is 1.85 bits per heavy atom. The molecule has 0 saturated heterocycles. The Kier molecular flexibility index (Phi) is 5.54. The highest BCUT2D eigenvalue weighted by Gasteiger charge is 2.73. The van der Waals surface area contributed by atoms with Gasteiger partial charge in [0.05, 0.1) is 4.92 Å². The normalized spacial score (nSPS) is 12.8. The fourth-order valence-electron chi connectivity index (χ4n) is 1.58. The molecule has 0 fully saturated rings. The highest BCUT2D eigenvalue weighted by molar-refractivity contribution is 5.93. The second kappa shape index (κ2) is 6.73. The van der Waals surface area contributed by atoms with Crippen molar-refractivity contribution in [3.8, 4) is 5.75 Å². The smallest absolute Gasteiger partial charge is 0.460 e. The van der Waals surface area contributed by atoms with Crippen LogP contribution in [0.25, 0.3) is 0 Å². The molecular formula is C11H3F10NO5. The minimum absolute atomic E-state index is 1.90. The molecule has 16 heteroatoms. The van der Waals surface area contributed by atoms with E-state index in [4.69, 9.17) is 5.11 Å². The molecule has 1 aromatic rings. The molecule has 0 saturated carbocycles. The summed E-state index contributed by atoms with van der Waals surface area (Å²) >= 11 is 0. The van der Waals surface area contributed by atoms with Crippen LogP contribution in [0.5, 0.6) is 5.75 Å². The zero-order valence-electron chi connectivity index (χ0n) is 12.0. The van der Waals surface area contributed by atoms with Gasteiger partial charge in [-0.2, -0.15) is 39.5 Å². The van der Waals surface area contributed by atoms with Gasteiger partial charge in [0.1, 0.15) is 0 Å². The Morgan fingerprint density at radius 2 is 1.48 bits per heavy atom. The van der Waals surface area contributed by atoms with E-state index in [-0.39, 0.29) is 0 Å². The topological polar surface area (TPSA) is 89.7 Å². The zero-order valence-corrected chi connectivity index (χ0v) is 12.0. The number of carbonyl (C=O) groups is 1. The summed E-state index contributed by atoms with van der Waals surface area (Å²) < 4.78 is 132. The lowest BCUT2D eigenvalue weighted by Crippen LogP contribution is -2.54. The number of ether oxygens (including phenoxy) is 1. The van der Waals surface area contributed by atoms with Gasteiger partial charge in [0.25, 0.3) is 0 Å². The van der Waals surface area contributed by atoms with Gasteiger partial charge in [-0.3, -0.25) is 10.1 Å². The maximum Gasteiger partial charge on any atom is 0.460 e. The molecular weight excluding hydrogens is 416 g/mol. The van der Waals surface area contributed by atoms with Crippen molar-refractivity contribution in [2.24, 2.45) is 0 Å². The van der Waals surface area contributed by atoms with Crippen molar-refractivity contribution in [1.29, 1.82) is 0 Å². The van der Waals surface area contributed by atoms with Crippen molar-refractivity contribution in [1.82, 2.24) is 0 Å². The van der Waals surface area contributed by atoms with E-state index in [9.17, 15) is 58.8 Å². The van der Waals surface area contributed by atoms with Gasteiger partial charge in [0.2, 0.25) is 11.6 Å². The first-order chi connectivity index (χ1) is 12.0. The van der Waals surface area contributed by atoms with E-state index in [0.717, 1.165) is 0 Å². The summed E-state index contributed by atoms with van der Waals surface area (Å²) in [5, 5.41) is 19.1. The second-order valence-electron chi connectivity index (χ2n) is 4.62. The average molecular weight is 419 g/mol. The molecule has 0 bridgehead atoms. The Labute approximate surface area is 140 Å². The molecule has 0 aliphatic heterocycles. The van der Waals surface area contributed by atoms with Gasteiger partial charge in [0.15, 0.2) is 23.7 Å². The number of halogens is 10. The summed E-state index contributed by atoms with van der Waals surface area (Å²) in [6.07, 6.45) is -6.82. The third-order valence-corrected chi connectivity index (χ3v) is 2.87. The third kappa shape index (κ3) is 3.68. The lowest BCUT2D eigenvalue weighted by Gasteiger charge is -2.28. The number of hydrogen-bond acceptors (Lipinski definition) is 4. The predicted octanol–water partition coefficient (Wildman–Crippen LogP) is 3.92. The minimum atomic E-state index is -6.82. The average Bonchev–Trinajstić information content (AvgIpc) is 2.48. The summed E-state index contributed by atoms with van der Waals surface area (Å²) in [4.78, 5) is 19.4. The maximum absolute atomic E-state index is 13.8. The SMILES string of the molecule is O=C(O)c1c(F)c(OCC(F)(F)C(F)(F)C(F)(F)F)c(F)c(F)c1[N+](=O)[O-]. The van der Waals surface area contributed by atoms with Crippen LogP contribution in [0.2, 0.25) is 0 Å². The molecule has 6 nitrogen and oxygen atoms in total. The minimum Gasteiger partial charge on any atom is -0.481 e. The first-order valence-corrected chi connectivity index (χ1v) is 6.00. The van der Waals surface area contributed by atoms with Crippen LogP contribution in [0.1, 0.15) is 10.4 Å². The number of alkyl halides is 7. The van der Waals surface area contributed by atoms with Crippen molar-refractivity contribution in [3.05, 3.63) is 33.1 Å². The van der Waals surface area contributed by atoms with Gasteiger partial charge < -0.3 is 9.84 Å². The van der Waals surface area contributed by atoms with E-state index in [1.165, 1.54) is 0 Å². The van der Waals surface area contributed by atoms with Gasteiger partial charge in [-0.15, -0.1) is 0 Å². The molecule has 1 rings (SSSR count). The first kappa shape index (κ1) is 22.2. The fraction of sp³-hybridized carbons (Fsp3) is 0.364. The van der Waals surface area contributed by atoms with Crippen molar-refractivity contribution >= 4 is 11.7 Å². The monoisotopic (exact) mass is 419 g/mol. The van der Waals surface area contributed by atoms with Gasteiger partial charge in [0, 0.05) is 0 Å². The summed E-state index contributed by atoms with van der Waals surface area (Å²) in [6, 6.07) is 0. The Morgan fingerprint density at radius 1 is 1.00 bits per heavy atom. The van der Waals surface area contributed by atoms with Crippen molar-refractivity contribution in [2.75, 3.05) is 6.61 Å². The largest absolute Gasteiger partial charge is 0.481 e. The molecule has 0 radical (unpaired) electrons. The van der Waals surface area contributed by atoms with Gasteiger partial charge in [-0.1, -0.05) is 0 Å². The maximum atomic E-state index is 13.8. The molecule has 0 unspecified atom stereocenters. The Balaban J connectivity index is 3.46. The summed E-state index contributed by atoms with van der Waals surface area (Å²) in [5.41, 5.74) is -4.53. The number of carboxylic acid groups (broad SMARTS) is 1. The predicted molar refractivity (Wildman–Crippen MR) is 61.4 cm³/mol. The molecule has 0 spiro atoms. The van der Waals surface area contributed by atoms with Crippen LogP contribution in [0.3, 0.4) is 0 Å². The number of nitrogens with zero attached hydrogens (tertiary/aromatic N) is 1. The highest BCUT2D eigenvalue weighted by atomic mass is 19.4. The fourth-order valence-corrected chi connectivity index (χ4v) is 1.58. The van der Waals surface area contributed by atoms with Crippen LogP contribution < -0.4 is 4.74 Å². The van der Waals surface area contributed by atoms with Crippen LogP contribution in [-0.2, 0) is 0 Å². The number of benzene rings is 1. The summed E-state index contributed by atoms with van der Waals surface area (Å²) in [5.74, 6) is -26.2. The number of nitro groups is 1. The third-order valence-electron chi connectivity index (χ3n) is 2.87. The number of carboxylic acids is 1. The Bertz CT molecular complexity index is 791. The lowest BCUT2D eigenvalue weighted by atomic mass is 10.1. The van der Waals surface area contributed by atoms with E-state index < -0.39 is 70.0 Å². The van der Waals surface area contributed by atoms with Crippen LogP contribution in [0.15, 0.2) is 0 Å².